The van der Waals surface area contributed by atoms with Crippen LogP contribution in [-0.4, -0.2) is 6.54 Å². The summed E-state index contributed by atoms with van der Waals surface area (Å²) in [4.78, 5) is 0. The highest BCUT2D eigenvalue weighted by Gasteiger charge is 2.39. The molecular formula is C20H33N. The van der Waals surface area contributed by atoms with Crippen LogP contribution in [0.15, 0.2) is 24.3 Å². The highest BCUT2D eigenvalue weighted by molar-refractivity contribution is 5.26. The van der Waals surface area contributed by atoms with E-state index in [-0.39, 0.29) is 0 Å². The van der Waals surface area contributed by atoms with Crippen molar-refractivity contribution in [1.29, 1.82) is 0 Å². The lowest BCUT2D eigenvalue weighted by molar-refractivity contribution is 0.199. The average Bonchev–Trinajstić information content (AvgIpc) is 2.76. The molecule has 21 heavy (non-hydrogen) atoms. The molecule has 1 N–H and O–H groups in total. The van der Waals surface area contributed by atoms with Crippen molar-refractivity contribution in [3.8, 4) is 0 Å². The fourth-order valence-electron chi connectivity index (χ4n) is 4.02. The zero-order valence-corrected chi connectivity index (χ0v) is 14.6. The molecule has 1 aromatic rings. The third-order valence-electron chi connectivity index (χ3n) is 5.15. The van der Waals surface area contributed by atoms with Crippen LogP contribution in [0.2, 0.25) is 0 Å². The minimum absolute atomic E-state index is 0.462. The van der Waals surface area contributed by atoms with Gasteiger partial charge in [0.05, 0.1) is 0 Å². The van der Waals surface area contributed by atoms with E-state index in [2.05, 4.69) is 64.2 Å². The Balaban J connectivity index is 2.18. The molecule has 0 heterocycles. The first-order valence-corrected chi connectivity index (χ1v) is 8.76. The standard InChI is InChI=1S/C20H33N/c1-6-21-19(18-8-7-13-20(18,4)5)17-11-9-16(10-12-17)14-15(2)3/h9-12,15,18-19,21H,6-8,13-14H2,1-5H3. The van der Waals surface area contributed by atoms with E-state index in [0.29, 0.717) is 11.5 Å². The summed E-state index contributed by atoms with van der Waals surface area (Å²) in [6.45, 7) is 12.7. The summed E-state index contributed by atoms with van der Waals surface area (Å²) in [7, 11) is 0. The molecule has 0 aromatic heterocycles. The molecule has 1 saturated carbocycles. The van der Waals surface area contributed by atoms with Gasteiger partial charge in [-0.1, -0.05) is 65.3 Å². The van der Waals surface area contributed by atoms with Crippen molar-refractivity contribution < 1.29 is 0 Å². The lowest BCUT2D eigenvalue weighted by atomic mass is 9.75. The highest BCUT2D eigenvalue weighted by Crippen LogP contribution is 2.48. The predicted octanol–water partition coefficient (Wildman–Crippen LogP) is 5.36. The second-order valence-electron chi connectivity index (χ2n) is 7.86. The summed E-state index contributed by atoms with van der Waals surface area (Å²) in [5.74, 6) is 1.49. The lowest BCUT2D eigenvalue weighted by Gasteiger charge is -2.35. The summed E-state index contributed by atoms with van der Waals surface area (Å²) in [6, 6.07) is 9.91. The number of hydrogen-bond acceptors (Lipinski definition) is 1. The fraction of sp³-hybridized carbons (Fsp3) is 0.700. The Morgan fingerprint density at radius 1 is 1.19 bits per heavy atom. The van der Waals surface area contributed by atoms with Gasteiger partial charge in [0.15, 0.2) is 0 Å². The van der Waals surface area contributed by atoms with Gasteiger partial charge in [0.2, 0.25) is 0 Å². The summed E-state index contributed by atoms with van der Waals surface area (Å²) in [5.41, 5.74) is 3.41. The first-order chi connectivity index (χ1) is 9.94. The van der Waals surface area contributed by atoms with Gasteiger partial charge in [-0.25, -0.2) is 0 Å². The molecule has 0 saturated heterocycles. The van der Waals surface area contributed by atoms with Crippen LogP contribution in [0, 0.1) is 17.3 Å². The van der Waals surface area contributed by atoms with E-state index in [4.69, 9.17) is 0 Å². The molecule has 1 aromatic carbocycles. The Morgan fingerprint density at radius 2 is 1.86 bits per heavy atom. The van der Waals surface area contributed by atoms with Gasteiger partial charge in [0.25, 0.3) is 0 Å². The lowest BCUT2D eigenvalue weighted by Crippen LogP contribution is -2.33. The van der Waals surface area contributed by atoms with Crippen molar-refractivity contribution in [2.24, 2.45) is 17.3 Å². The zero-order valence-electron chi connectivity index (χ0n) is 14.6. The van der Waals surface area contributed by atoms with Crippen molar-refractivity contribution in [3.63, 3.8) is 0 Å². The number of hydrogen-bond donors (Lipinski definition) is 1. The molecule has 1 fully saturated rings. The van der Waals surface area contributed by atoms with Crippen molar-refractivity contribution in [1.82, 2.24) is 5.32 Å². The van der Waals surface area contributed by atoms with Gasteiger partial charge in [-0.3, -0.25) is 0 Å². The molecule has 0 amide bonds. The van der Waals surface area contributed by atoms with Crippen LogP contribution in [0.25, 0.3) is 0 Å². The van der Waals surface area contributed by atoms with E-state index in [0.717, 1.165) is 18.4 Å². The van der Waals surface area contributed by atoms with Crippen LogP contribution < -0.4 is 5.32 Å². The van der Waals surface area contributed by atoms with E-state index < -0.39 is 0 Å². The molecule has 2 rings (SSSR count). The van der Waals surface area contributed by atoms with Gasteiger partial charge in [-0.2, -0.15) is 0 Å². The molecule has 2 unspecified atom stereocenters. The first-order valence-electron chi connectivity index (χ1n) is 8.76. The van der Waals surface area contributed by atoms with Crippen molar-refractivity contribution in [3.05, 3.63) is 35.4 Å². The van der Waals surface area contributed by atoms with Crippen LogP contribution in [0.1, 0.15) is 71.0 Å². The molecule has 1 heteroatoms. The Labute approximate surface area is 131 Å². The molecular weight excluding hydrogens is 254 g/mol. The normalized spacial score (nSPS) is 22.7. The predicted molar refractivity (Wildman–Crippen MR) is 92.5 cm³/mol. The molecule has 0 spiro atoms. The van der Waals surface area contributed by atoms with Crippen LogP contribution in [0.4, 0.5) is 0 Å². The molecule has 0 bridgehead atoms. The zero-order chi connectivity index (χ0) is 15.5. The smallest absolute Gasteiger partial charge is 0.0353 e. The molecule has 1 nitrogen and oxygen atoms in total. The van der Waals surface area contributed by atoms with Crippen molar-refractivity contribution in [2.75, 3.05) is 6.54 Å². The summed E-state index contributed by atoms with van der Waals surface area (Å²) < 4.78 is 0. The Kier molecular flexibility index (Phi) is 5.48. The SMILES string of the molecule is CCNC(c1ccc(CC(C)C)cc1)C1CCCC1(C)C. The maximum Gasteiger partial charge on any atom is 0.0353 e. The van der Waals surface area contributed by atoms with E-state index in [1.807, 2.05) is 0 Å². The van der Waals surface area contributed by atoms with Crippen molar-refractivity contribution >= 4 is 0 Å². The maximum absolute atomic E-state index is 3.76. The second kappa shape index (κ2) is 6.96. The largest absolute Gasteiger partial charge is 0.310 e. The summed E-state index contributed by atoms with van der Waals surface area (Å²) in [6.07, 6.45) is 5.29. The molecule has 0 radical (unpaired) electrons. The van der Waals surface area contributed by atoms with Gasteiger partial charge in [0, 0.05) is 6.04 Å². The fourth-order valence-corrected chi connectivity index (χ4v) is 4.02. The molecule has 0 aliphatic heterocycles. The monoisotopic (exact) mass is 287 g/mol. The average molecular weight is 287 g/mol. The third kappa shape index (κ3) is 4.10. The van der Waals surface area contributed by atoms with E-state index in [1.165, 1.54) is 36.8 Å². The molecule has 1 aliphatic carbocycles. The maximum atomic E-state index is 3.76. The quantitative estimate of drug-likeness (QED) is 0.742. The van der Waals surface area contributed by atoms with Gasteiger partial charge >= 0.3 is 0 Å². The molecule has 2 atom stereocenters. The van der Waals surface area contributed by atoms with E-state index in [9.17, 15) is 0 Å². The Hall–Kier alpha value is -0.820. The van der Waals surface area contributed by atoms with Crippen LogP contribution in [-0.2, 0) is 6.42 Å². The Bertz CT molecular complexity index is 430. The van der Waals surface area contributed by atoms with Gasteiger partial charge in [0.1, 0.15) is 0 Å². The number of benzene rings is 1. The van der Waals surface area contributed by atoms with Crippen molar-refractivity contribution in [2.45, 2.75) is 66.3 Å². The third-order valence-corrected chi connectivity index (χ3v) is 5.15. The minimum Gasteiger partial charge on any atom is -0.310 e. The van der Waals surface area contributed by atoms with E-state index >= 15 is 0 Å². The minimum atomic E-state index is 0.462. The van der Waals surface area contributed by atoms with E-state index in [1.54, 1.807) is 0 Å². The van der Waals surface area contributed by atoms with Crippen LogP contribution in [0.3, 0.4) is 0 Å². The van der Waals surface area contributed by atoms with Gasteiger partial charge in [-0.15, -0.1) is 0 Å². The summed E-state index contributed by atoms with van der Waals surface area (Å²) in [5, 5.41) is 3.76. The molecule has 1 aliphatic rings. The second-order valence-corrected chi connectivity index (χ2v) is 7.86. The number of nitrogens with one attached hydrogen (secondary N) is 1. The van der Waals surface area contributed by atoms with Gasteiger partial charge in [-0.05, 0) is 54.2 Å². The number of rotatable bonds is 6. The van der Waals surface area contributed by atoms with Crippen LogP contribution in [0.5, 0.6) is 0 Å². The topological polar surface area (TPSA) is 12.0 Å². The molecule has 118 valence electrons. The van der Waals surface area contributed by atoms with Gasteiger partial charge < -0.3 is 5.32 Å². The first kappa shape index (κ1) is 16.5. The highest BCUT2D eigenvalue weighted by atomic mass is 14.9. The Morgan fingerprint density at radius 3 is 2.33 bits per heavy atom. The van der Waals surface area contributed by atoms with Crippen LogP contribution >= 0.6 is 0 Å². The summed E-state index contributed by atoms with van der Waals surface area (Å²) >= 11 is 0.